The summed E-state index contributed by atoms with van der Waals surface area (Å²) in [5.41, 5.74) is 9.06. The van der Waals surface area contributed by atoms with Gasteiger partial charge in [-0.2, -0.15) is 0 Å². The van der Waals surface area contributed by atoms with Gasteiger partial charge in [-0.3, -0.25) is 10.1 Å². The van der Waals surface area contributed by atoms with Gasteiger partial charge in [0.05, 0.1) is 17.5 Å². The van der Waals surface area contributed by atoms with Crippen molar-refractivity contribution in [2.24, 2.45) is 0 Å². The highest BCUT2D eigenvalue weighted by molar-refractivity contribution is 7.23. The lowest BCUT2D eigenvalue weighted by Crippen LogP contribution is -2.38. The van der Waals surface area contributed by atoms with E-state index in [0.717, 1.165) is 52.1 Å². The lowest BCUT2D eigenvalue weighted by Gasteiger charge is -2.26. The number of nitrogens with one attached hydrogen (secondary N) is 2. The van der Waals surface area contributed by atoms with Crippen LogP contribution in [0.4, 0.5) is 10.8 Å². The molecule has 4 aromatic rings. The van der Waals surface area contributed by atoms with Gasteiger partial charge < -0.3 is 9.75 Å². The van der Waals surface area contributed by atoms with Gasteiger partial charge in [-0.1, -0.05) is 54.2 Å². The maximum atomic E-state index is 13.3. The number of carbonyl (C=O) groups excluding carboxylic acids is 1. The third-order valence-corrected chi connectivity index (χ3v) is 7.24. The number of carbonyl (C=O) groups is 1. The number of anilines is 2. The highest BCUT2D eigenvalue weighted by Gasteiger charge is 2.20. The molecule has 1 amide bonds. The molecule has 6 nitrogen and oxygen atoms in total. The molecule has 2 N–H and O–H groups in total. The molecule has 7 heteroatoms. The molecule has 1 aliphatic heterocycles. The van der Waals surface area contributed by atoms with Crippen LogP contribution in [0, 0.1) is 6.92 Å². The van der Waals surface area contributed by atoms with Gasteiger partial charge in [0.1, 0.15) is 11.3 Å². The van der Waals surface area contributed by atoms with Crippen molar-refractivity contribution >= 4 is 38.3 Å². The first kappa shape index (κ1) is 22.4. The van der Waals surface area contributed by atoms with Gasteiger partial charge in [0.2, 0.25) is 0 Å². The lowest BCUT2D eigenvalue weighted by molar-refractivity contribution is 0.102. The molecule has 3 aromatic carbocycles. The van der Waals surface area contributed by atoms with E-state index in [1.54, 1.807) is 7.11 Å². The zero-order chi connectivity index (χ0) is 23.5. The number of benzene rings is 3. The Morgan fingerprint density at radius 2 is 1.91 bits per heavy atom. The van der Waals surface area contributed by atoms with Crippen molar-refractivity contribution in [3.63, 3.8) is 0 Å². The number of aromatic nitrogens is 1. The summed E-state index contributed by atoms with van der Waals surface area (Å²) in [6.45, 7) is 3.89. The fourth-order valence-electron chi connectivity index (χ4n) is 4.44. The van der Waals surface area contributed by atoms with E-state index < -0.39 is 0 Å². The summed E-state index contributed by atoms with van der Waals surface area (Å²) in [6.07, 6.45) is 3.52. The van der Waals surface area contributed by atoms with E-state index in [2.05, 4.69) is 34.0 Å². The van der Waals surface area contributed by atoms with E-state index in [-0.39, 0.29) is 5.91 Å². The van der Waals surface area contributed by atoms with Crippen molar-refractivity contribution in [1.29, 1.82) is 0 Å². The Kier molecular flexibility index (Phi) is 6.47. The number of thiazole rings is 1. The van der Waals surface area contributed by atoms with Crippen LogP contribution in [0.3, 0.4) is 0 Å². The molecule has 0 saturated carbocycles. The Bertz CT molecular complexity index is 1310. The molecular formula is C27H28N4O2S. The molecule has 1 aliphatic rings. The number of nitrogens with zero attached hydrogens (tertiary/aromatic N) is 2. The Morgan fingerprint density at radius 1 is 1.06 bits per heavy atom. The fourth-order valence-corrected chi connectivity index (χ4v) is 5.46. The number of hydrazine groups is 1. The smallest absolute Gasteiger partial charge is 0.257 e. The minimum Gasteiger partial charge on any atom is -0.494 e. The van der Waals surface area contributed by atoms with Crippen LogP contribution in [0.15, 0.2) is 60.7 Å². The third-order valence-electron chi connectivity index (χ3n) is 6.23. The molecule has 0 aliphatic carbocycles. The maximum Gasteiger partial charge on any atom is 0.257 e. The van der Waals surface area contributed by atoms with Gasteiger partial charge in [0.25, 0.3) is 5.91 Å². The number of ether oxygens (including phenoxy) is 1. The van der Waals surface area contributed by atoms with E-state index >= 15 is 0 Å². The minimum atomic E-state index is -0.159. The molecule has 1 aromatic heterocycles. The quantitative estimate of drug-likeness (QED) is 0.371. The normalized spacial score (nSPS) is 14.1. The van der Waals surface area contributed by atoms with Crippen LogP contribution in [-0.4, -0.2) is 31.1 Å². The molecule has 2 heterocycles. The first-order chi connectivity index (χ1) is 16.7. The van der Waals surface area contributed by atoms with Gasteiger partial charge in [-0.25, -0.2) is 10.4 Å². The number of rotatable bonds is 5. The van der Waals surface area contributed by atoms with Crippen LogP contribution in [0.1, 0.15) is 35.2 Å². The molecular weight excluding hydrogens is 444 g/mol. The topological polar surface area (TPSA) is 66.5 Å². The Labute approximate surface area is 203 Å². The highest BCUT2D eigenvalue weighted by atomic mass is 32.1. The summed E-state index contributed by atoms with van der Waals surface area (Å²) in [4.78, 5) is 18.0. The Hall–Kier alpha value is -3.42. The molecule has 174 valence electrons. The summed E-state index contributed by atoms with van der Waals surface area (Å²) in [6, 6.07) is 20.0. The summed E-state index contributed by atoms with van der Waals surface area (Å²) in [7, 11) is 1.64. The monoisotopic (exact) mass is 472 g/mol. The molecule has 0 unspecified atom stereocenters. The SMILES string of the molecule is COc1ccc(-c2ccccc2)c2sc(NC(=O)c3cccc(N4CCCCCN4)c3C)nc12. The molecule has 1 saturated heterocycles. The second kappa shape index (κ2) is 9.83. The molecule has 5 rings (SSSR count). The second-order valence-electron chi connectivity index (χ2n) is 8.40. The Balaban J connectivity index is 1.47. The number of methoxy groups -OCH3 is 1. The number of amides is 1. The van der Waals surface area contributed by atoms with Gasteiger partial charge >= 0.3 is 0 Å². The predicted molar refractivity (Wildman–Crippen MR) is 140 cm³/mol. The van der Waals surface area contributed by atoms with E-state index in [9.17, 15) is 4.79 Å². The maximum absolute atomic E-state index is 13.3. The highest BCUT2D eigenvalue weighted by Crippen LogP contribution is 2.39. The van der Waals surface area contributed by atoms with Crippen LogP contribution in [0.25, 0.3) is 21.3 Å². The third kappa shape index (κ3) is 4.36. The minimum absolute atomic E-state index is 0.159. The fraction of sp³-hybridized carbons (Fsp3) is 0.259. The van der Waals surface area contributed by atoms with Crippen LogP contribution in [0.2, 0.25) is 0 Å². The second-order valence-corrected chi connectivity index (χ2v) is 9.40. The largest absolute Gasteiger partial charge is 0.494 e. The van der Waals surface area contributed by atoms with E-state index in [4.69, 9.17) is 9.72 Å². The molecule has 0 spiro atoms. The van der Waals surface area contributed by atoms with Crippen LogP contribution < -0.4 is 20.5 Å². The Morgan fingerprint density at radius 3 is 2.74 bits per heavy atom. The number of hydrogen-bond acceptors (Lipinski definition) is 6. The van der Waals surface area contributed by atoms with Gasteiger partial charge in [0.15, 0.2) is 5.13 Å². The van der Waals surface area contributed by atoms with Gasteiger partial charge in [-0.15, -0.1) is 0 Å². The first-order valence-corrected chi connectivity index (χ1v) is 12.4. The van der Waals surface area contributed by atoms with Crippen molar-refractivity contribution in [1.82, 2.24) is 10.4 Å². The van der Waals surface area contributed by atoms with Crippen molar-refractivity contribution in [3.05, 3.63) is 71.8 Å². The van der Waals surface area contributed by atoms with Crippen LogP contribution >= 0.6 is 11.3 Å². The lowest BCUT2D eigenvalue weighted by atomic mass is 10.1. The van der Waals surface area contributed by atoms with Crippen molar-refractivity contribution in [2.75, 3.05) is 30.5 Å². The van der Waals surface area contributed by atoms with Gasteiger partial charge in [-0.05, 0) is 55.2 Å². The standard InChI is InChI=1S/C27H28N4O2S/c1-18-20(12-9-13-22(18)31-17-8-4-7-16-28-31)26(32)30-27-29-24-23(33-2)15-14-21(25(24)34-27)19-10-5-3-6-11-19/h3,5-6,9-15,28H,4,7-8,16-17H2,1-2H3,(H,29,30,32). The zero-order valence-corrected chi connectivity index (χ0v) is 20.2. The van der Waals surface area contributed by atoms with Crippen LogP contribution in [-0.2, 0) is 0 Å². The number of hydrogen-bond donors (Lipinski definition) is 2. The summed E-state index contributed by atoms with van der Waals surface area (Å²) < 4.78 is 6.54. The molecule has 0 atom stereocenters. The van der Waals surface area contributed by atoms with E-state index in [1.807, 2.05) is 49.4 Å². The molecule has 34 heavy (non-hydrogen) atoms. The molecule has 0 bridgehead atoms. The van der Waals surface area contributed by atoms with Crippen molar-refractivity contribution in [3.8, 4) is 16.9 Å². The summed E-state index contributed by atoms with van der Waals surface area (Å²) >= 11 is 1.47. The molecule has 1 fully saturated rings. The van der Waals surface area contributed by atoms with Crippen LogP contribution in [0.5, 0.6) is 5.75 Å². The number of fused-ring (bicyclic) bond motifs is 1. The van der Waals surface area contributed by atoms with Crippen molar-refractivity contribution in [2.45, 2.75) is 26.2 Å². The predicted octanol–water partition coefficient (Wildman–Crippen LogP) is 6.03. The summed E-state index contributed by atoms with van der Waals surface area (Å²) in [5, 5.41) is 5.76. The molecule has 0 radical (unpaired) electrons. The van der Waals surface area contributed by atoms with E-state index in [0.29, 0.717) is 16.4 Å². The first-order valence-electron chi connectivity index (χ1n) is 11.6. The van der Waals surface area contributed by atoms with Gasteiger partial charge in [0, 0.05) is 24.2 Å². The zero-order valence-electron chi connectivity index (χ0n) is 19.4. The average molecular weight is 473 g/mol. The average Bonchev–Trinajstić information content (AvgIpc) is 3.09. The van der Waals surface area contributed by atoms with E-state index in [1.165, 1.54) is 24.2 Å². The van der Waals surface area contributed by atoms with Crippen molar-refractivity contribution < 1.29 is 9.53 Å². The summed E-state index contributed by atoms with van der Waals surface area (Å²) in [5.74, 6) is 0.533.